The monoisotopic (exact) mass is 492 g/mol. The minimum atomic E-state index is -0.407. The SMILES string of the molecule is CCOc1ccc(/C(=C(/CC)c2ccccc2)c2cccc(OCC(=O)OCc3ccccc3)c2)cc1. The van der Waals surface area contributed by atoms with Crippen LogP contribution in [0.25, 0.3) is 11.1 Å². The maximum atomic E-state index is 12.3. The Bertz CT molecular complexity index is 1310. The van der Waals surface area contributed by atoms with Gasteiger partial charge in [-0.25, -0.2) is 4.79 Å². The van der Waals surface area contributed by atoms with E-state index in [1.54, 1.807) is 0 Å². The van der Waals surface area contributed by atoms with Crippen LogP contribution in [-0.2, 0) is 16.1 Å². The van der Waals surface area contributed by atoms with Gasteiger partial charge in [-0.3, -0.25) is 0 Å². The third-order valence-electron chi connectivity index (χ3n) is 5.95. The molecule has 0 heterocycles. The molecule has 0 N–H and O–H groups in total. The Morgan fingerprint density at radius 3 is 2.00 bits per heavy atom. The Labute approximate surface area is 219 Å². The molecule has 0 spiro atoms. The number of rotatable bonds is 11. The van der Waals surface area contributed by atoms with E-state index in [9.17, 15) is 4.79 Å². The van der Waals surface area contributed by atoms with Crippen LogP contribution in [0, 0.1) is 0 Å². The summed E-state index contributed by atoms with van der Waals surface area (Å²) in [4.78, 5) is 12.3. The molecule has 0 atom stereocenters. The van der Waals surface area contributed by atoms with Gasteiger partial charge in [0, 0.05) is 0 Å². The molecule has 188 valence electrons. The van der Waals surface area contributed by atoms with Crippen molar-refractivity contribution >= 4 is 17.1 Å². The molecule has 4 rings (SSSR count). The molecule has 0 aliphatic carbocycles. The predicted molar refractivity (Wildman–Crippen MR) is 148 cm³/mol. The Morgan fingerprint density at radius 2 is 1.32 bits per heavy atom. The summed E-state index contributed by atoms with van der Waals surface area (Å²) in [6.07, 6.45) is 0.851. The summed E-state index contributed by atoms with van der Waals surface area (Å²) in [7, 11) is 0. The van der Waals surface area contributed by atoms with Gasteiger partial charge in [-0.1, -0.05) is 91.9 Å². The van der Waals surface area contributed by atoms with Crippen LogP contribution in [0.1, 0.15) is 42.5 Å². The minimum absolute atomic E-state index is 0.155. The highest BCUT2D eigenvalue weighted by atomic mass is 16.6. The van der Waals surface area contributed by atoms with Crippen LogP contribution in [0.4, 0.5) is 0 Å². The maximum absolute atomic E-state index is 12.3. The summed E-state index contributed by atoms with van der Waals surface area (Å²) in [5, 5.41) is 0. The third-order valence-corrected chi connectivity index (χ3v) is 5.95. The van der Waals surface area contributed by atoms with Crippen molar-refractivity contribution in [2.24, 2.45) is 0 Å². The molecule has 0 radical (unpaired) electrons. The molecule has 0 aromatic heterocycles. The first-order chi connectivity index (χ1) is 18.2. The summed E-state index contributed by atoms with van der Waals surface area (Å²) in [6, 6.07) is 36.1. The van der Waals surface area contributed by atoms with E-state index >= 15 is 0 Å². The van der Waals surface area contributed by atoms with E-state index in [2.05, 4.69) is 49.4 Å². The zero-order valence-electron chi connectivity index (χ0n) is 21.4. The van der Waals surface area contributed by atoms with Crippen LogP contribution in [0.15, 0.2) is 109 Å². The quantitative estimate of drug-likeness (QED) is 0.160. The van der Waals surface area contributed by atoms with Crippen LogP contribution >= 0.6 is 0 Å². The van der Waals surface area contributed by atoms with E-state index < -0.39 is 5.97 Å². The van der Waals surface area contributed by atoms with Gasteiger partial charge < -0.3 is 14.2 Å². The Kier molecular flexibility index (Phi) is 9.14. The molecular weight excluding hydrogens is 460 g/mol. The van der Waals surface area contributed by atoms with Gasteiger partial charge >= 0.3 is 5.97 Å². The molecule has 4 aromatic rings. The summed E-state index contributed by atoms with van der Waals surface area (Å²) < 4.78 is 16.9. The smallest absolute Gasteiger partial charge is 0.344 e. The number of esters is 1. The molecular formula is C33H32O4. The molecule has 0 saturated heterocycles. The Morgan fingerprint density at radius 1 is 0.649 bits per heavy atom. The van der Waals surface area contributed by atoms with Crippen molar-refractivity contribution in [3.8, 4) is 11.5 Å². The predicted octanol–water partition coefficient (Wildman–Crippen LogP) is 7.58. The summed E-state index contributed by atoms with van der Waals surface area (Å²) in [5.41, 5.74) is 6.56. The second kappa shape index (κ2) is 13.1. The van der Waals surface area contributed by atoms with Crippen molar-refractivity contribution in [3.05, 3.63) is 131 Å². The summed E-state index contributed by atoms with van der Waals surface area (Å²) in [6.45, 7) is 4.84. The van der Waals surface area contributed by atoms with Gasteiger partial charge in [-0.15, -0.1) is 0 Å². The first-order valence-corrected chi connectivity index (χ1v) is 12.6. The van der Waals surface area contributed by atoms with E-state index in [0.29, 0.717) is 12.4 Å². The Hall–Kier alpha value is -4.31. The largest absolute Gasteiger partial charge is 0.494 e. The van der Waals surface area contributed by atoms with Gasteiger partial charge in [-0.05, 0) is 71.0 Å². The van der Waals surface area contributed by atoms with Gasteiger partial charge in [0.2, 0.25) is 0 Å². The van der Waals surface area contributed by atoms with Crippen molar-refractivity contribution < 1.29 is 19.0 Å². The van der Waals surface area contributed by atoms with Crippen LogP contribution in [0.5, 0.6) is 11.5 Å². The first kappa shape index (κ1) is 25.8. The van der Waals surface area contributed by atoms with Crippen molar-refractivity contribution in [1.82, 2.24) is 0 Å². The molecule has 4 aromatic carbocycles. The standard InChI is InChI=1S/C33H32O4/c1-3-31(26-14-9-6-10-15-26)33(27-18-20-29(21-19-27)35-4-2)28-16-11-17-30(22-28)36-24-32(34)37-23-25-12-7-5-8-13-25/h5-22H,3-4,23-24H2,1-2H3/b33-31+. The third kappa shape index (κ3) is 7.11. The van der Waals surface area contributed by atoms with Crippen molar-refractivity contribution in [1.29, 1.82) is 0 Å². The van der Waals surface area contributed by atoms with Gasteiger partial charge in [0.25, 0.3) is 0 Å². The topological polar surface area (TPSA) is 44.8 Å². The van der Waals surface area contributed by atoms with Crippen molar-refractivity contribution in [3.63, 3.8) is 0 Å². The van der Waals surface area contributed by atoms with Crippen molar-refractivity contribution in [2.45, 2.75) is 26.9 Å². The fraction of sp³-hybridized carbons (Fsp3) is 0.182. The molecule has 0 fully saturated rings. The molecule has 0 amide bonds. The number of carbonyl (C=O) groups excluding carboxylic acids is 1. The molecule has 0 aliphatic heterocycles. The first-order valence-electron chi connectivity index (χ1n) is 12.6. The molecule has 0 unspecified atom stereocenters. The zero-order valence-corrected chi connectivity index (χ0v) is 21.4. The lowest BCUT2D eigenvalue weighted by Crippen LogP contribution is -2.14. The molecule has 0 saturated carbocycles. The van der Waals surface area contributed by atoms with E-state index in [1.165, 1.54) is 11.1 Å². The highest BCUT2D eigenvalue weighted by Crippen LogP contribution is 2.36. The second-order valence-corrected chi connectivity index (χ2v) is 8.49. The van der Waals surface area contributed by atoms with E-state index in [-0.39, 0.29) is 13.2 Å². The normalized spacial score (nSPS) is 11.4. The molecule has 4 heteroatoms. The van der Waals surface area contributed by atoms with Crippen LogP contribution in [0.3, 0.4) is 0 Å². The molecule has 0 aliphatic rings. The molecule has 4 nitrogen and oxygen atoms in total. The van der Waals surface area contributed by atoms with E-state index in [4.69, 9.17) is 14.2 Å². The van der Waals surface area contributed by atoms with Crippen LogP contribution in [0.2, 0.25) is 0 Å². The zero-order chi connectivity index (χ0) is 25.9. The van der Waals surface area contributed by atoms with Gasteiger partial charge in [0.15, 0.2) is 6.61 Å². The number of carbonyl (C=O) groups is 1. The number of hydrogen-bond acceptors (Lipinski definition) is 4. The van der Waals surface area contributed by atoms with Crippen LogP contribution in [-0.4, -0.2) is 19.2 Å². The highest BCUT2D eigenvalue weighted by Gasteiger charge is 2.15. The maximum Gasteiger partial charge on any atom is 0.344 e. The van der Waals surface area contributed by atoms with Crippen LogP contribution < -0.4 is 9.47 Å². The van der Waals surface area contributed by atoms with E-state index in [1.807, 2.05) is 73.7 Å². The van der Waals surface area contributed by atoms with Gasteiger partial charge in [0.1, 0.15) is 18.1 Å². The number of allylic oxidation sites excluding steroid dienone is 1. The minimum Gasteiger partial charge on any atom is -0.494 e. The highest BCUT2D eigenvalue weighted by molar-refractivity contribution is 5.98. The van der Waals surface area contributed by atoms with Gasteiger partial charge in [0.05, 0.1) is 6.61 Å². The average molecular weight is 493 g/mol. The lowest BCUT2D eigenvalue weighted by molar-refractivity contribution is -0.147. The van der Waals surface area contributed by atoms with Crippen molar-refractivity contribution in [2.75, 3.05) is 13.2 Å². The number of hydrogen-bond donors (Lipinski definition) is 0. The lowest BCUT2D eigenvalue weighted by atomic mass is 9.88. The summed E-state index contributed by atoms with van der Waals surface area (Å²) in [5.74, 6) is 1.05. The fourth-order valence-electron chi connectivity index (χ4n) is 4.23. The Balaban J connectivity index is 1.59. The molecule has 0 bridgehead atoms. The average Bonchev–Trinajstić information content (AvgIpc) is 2.95. The second-order valence-electron chi connectivity index (χ2n) is 8.49. The molecule has 37 heavy (non-hydrogen) atoms. The lowest BCUT2D eigenvalue weighted by Gasteiger charge is -2.17. The van der Waals surface area contributed by atoms with Gasteiger partial charge in [-0.2, -0.15) is 0 Å². The number of ether oxygens (including phenoxy) is 3. The summed E-state index contributed by atoms with van der Waals surface area (Å²) >= 11 is 0. The van der Waals surface area contributed by atoms with E-state index in [0.717, 1.165) is 34.4 Å². The fourth-order valence-corrected chi connectivity index (χ4v) is 4.23. The number of benzene rings is 4.